The van der Waals surface area contributed by atoms with Gasteiger partial charge < -0.3 is 10.2 Å². The van der Waals surface area contributed by atoms with Crippen molar-refractivity contribution in [2.45, 2.75) is 78.2 Å². The molecular formula is C23H35FO2. The molecule has 3 saturated carbocycles. The quantitative estimate of drug-likeness (QED) is 0.666. The minimum atomic E-state index is -0.442. The van der Waals surface area contributed by atoms with Gasteiger partial charge in [-0.2, -0.15) is 0 Å². The smallest absolute Gasteiger partial charge is 0.125 e. The lowest BCUT2D eigenvalue weighted by atomic mass is 9.45. The third-order valence-corrected chi connectivity index (χ3v) is 8.97. The number of aliphatic hydroxyl groups excluding tert-OH is 2. The zero-order valence-corrected chi connectivity index (χ0v) is 16.6. The Morgan fingerprint density at radius 3 is 2.54 bits per heavy atom. The van der Waals surface area contributed by atoms with Crippen LogP contribution in [0.15, 0.2) is 23.0 Å². The van der Waals surface area contributed by atoms with E-state index in [1.807, 2.05) is 0 Å². The highest BCUT2D eigenvalue weighted by Crippen LogP contribution is 2.67. The van der Waals surface area contributed by atoms with Crippen LogP contribution < -0.4 is 0 Å². The van der Waals surface area contributed by atoms with Crippen LogP contribution in [0.2, 0.25) is 0 Å². The highest BCUT2D eigenvalue weighted by molar-refractivity contribution is 5.31. The Balaban J connectivity index is 1.75. The van der Waals surface area contributed by atoms with Gasteiger partial charge in [-0.05, 0) is 91.4 Å². The lowest BCUT2D eigenvalue weighted by Crippen LogP contribution is -2.52. The summed E-state index contributed by atoms with van der Waals surface area (Å²) in [4.78, 5) is 0. The van der Waals surface area contributed by atoms with Gasteiger partial charge in [0, 0.05) is 0 Å². The Bertz CT molecular complexity index is 638. The summed E-state index contributed by atoms with van der Waals surface area (Å²) in [6.07, 6.45) is 10.4. The highest BCUT2D eigenvalue weighted by Gasteiger charge is 2.59. The van der Waals surface area contributed by atoms with E-state index in [0.717, 1.165) is 56.9 Å². The number of hydrogen-bond donors (Lipinski definition) is 2. The van der Waals surface area contributed by atoms with Gasteiger partial charge in [-0.25, -0.2) is 4.39 Å². The summed E-state index contributed by atoms with van der Waals surface area (Å²) >= 11 is 0. The first-order valence-electron chi connectivity index (χ1n) is 10.7. The first-order valence-corrected chi connectivity index (χ1v) is 10.7. The van der Waals surface area contributed by atoms with Gasteiger partial charge in [-0.3, -0.25) is 0 Å². The van der Waals surface area contributed by atoms with Crippen molar-refractivity contribution in [1.29, 1.82) is 0 Å². The summed E-state index contributed by atoms with van der Waals surface area (Å²) in [6.45, 7) is 6.55. The Labute approximate surface area is 157 Å². The van der Waals surface area contributed by atoms with Gasteiger partial charge in [0.15, 0.2) is 0 Å². The van der Waals surface area contributed by atoms with Gasteiger partial charge >= 0.3 is 0 Å². The summed E-state index contributed by atoms with van der Waals surface area (Å²) < 4.78 is 14.4. The Morgan fingerprint density at radius 1 is 1.15 bits per heavy atom. The molecule has 3 fully saturated rings. The van der Waals surface area contributed by atoms with Crippen molar-refractivity contribution in [1.82, 2.24) is 0 Å². The monoisotopic (exact) mass is 362 g/mol. The van der Waals surface area contributed by atoms with Gasteiger partial charge in [0.2, 0.25) is 0 Å². The molecule has 0 radical (unpaired) electrons. The lowest BCUT2D eigenvalue weighted by molar-refractivity contribution is -0.0498. The van der Waals surface area contributed by atoms with Crippen LogP contribution in [0.5, 0.6) is 0 Å². The van der Waals surface area contributed by atoms with E-state index in [-0.39, 0.29) is 22.8 Å². The largest absolute Gasteiger partial charge is 0.393 e. The van der Waals surface area contributed by atoms with E-state index < -0.39 is 6.61 Å². The molecule has 146 valence electrons. The third kappa shape index (κ3) is 2.49. The second-order valence-corrected chi connectivity index (χ2v) is 9.90. The summed E-state index contributed by atoms with van der Waals surface area (Å²) in [5.41, 5.74) is 2.57. The Hall–Kier alpha value is -0.670. The second-order valence-electron chi connectivity index (χ2n) is 9.90. The van der Waals surface area contributed by atoms with Crippen LogP contribution >= 0.6 is 0 Å². The third-order valence-electron chi connectivity index (χ3n) is 8.97. The van der Waals surface area contributed by atoms with Crippen molar-refractivity contribution in [2.75, 3.05) is 6.61 Å². The minimum Gasteiger partial charge on any atom is -0.393 e. The normalized spacial score (nSPS) is 49.8. The van der Waals surface area contributed by atoms with E-state index in [2.05, 4.69) is 26.8 Å². The SMILES string of the molecule is CC[C@@H]1C=C2C[C@@H](O)CC[C@]2(C)[C@H]2CC[C@]3(C)C(=C(F)CO)CC[C@H]3[C@H]12. The molecule has 0 saturated heterocycles. The molecule has 0 amide bonds. The summed E-state index contributed by atoms with van der Waals surface area (Å²) in [5, 5.41) is 19.6. The summed E-state index contributed by atoms with van der Waals surface area (Å²) in [5.74, 6) is 2.09. The van der Waals surface area contributed by atoms with Crippen molar-refractivity contribution >= 4 is 0 Å². The fourth-order valence-corrected chi connectivity index (χ4v) is 7.55. The topological polar surface area (TPSA) is 40.5 Å². The predicted molar refractivity (Wildman–Crippen MR) is 102 cm³/mol. The fraction of sp³-hybridized carbons (Fsp3) is 0.826. The van der Waals surface area contributed by atoms with Crippen LogP contribution in [-0.2, 0) is 0 Å². The van der Waals surface area contributed by atoms with Crippen molar-refractivity contribution in [3.8, 4) is 0 Å². The maximum atomic E-state index is 14.4. The summed E-state index contributed by atoms with van der Waals surface area (Å²) in [6, 6.07) is 0. The average Bonchev–Trinajstić information content (AvgIpc) is 2.98. The predicted octanol–water partition coefficient (Wildman–Crippen LogP) is 5.16. The van der Waals surface area contributed by atoms with E-state index in [0.29, 0.717) is 23.7 Å². The molecule has 0 unspecified atom stereocenters. The van der Waals surface area contributed by atoms with E-state index in [4.69, 9.17) is 0 Å². The van der Waals surface area contributed by atoms with Gasteiger partial charge in [-0.1, -0.05) is 32.4 Å². The average molecular weight is 363 g/mol. The maximum absolute atomic E-state index is 14.4. The minimum absolute atomic E-state index is 0.0721. The molecule has 2 nitrogen and oxygen atoms in total. The lowest BCUT2D eigenvalue weighted by Gasteiger charge is -2.59. The van der Waals surface area contributed by atoms with Gasteiger partial charge in [0.1, 0.15) is 5.83 Å². The first kappa shape index (κ1) is 18.7. The number of fused-ring (bicyclic) bond motifs is 5. The van der Waals surface area contributed by atoms with Crippen molar-refractivity contribution < 1.29 is 14.6 Å². The summed E-state index contributed by atoms with van der Waals surface area (Å²) in [7, 11) is 0. The molecule has 7 atom stereocenters. The molecule has 4 aliphatic carbocycles. The van der Waals surface area contributed by atoms with Gasteiger partial charge in [0.25, 0.3) is 0 Å². The van der Waals surface area contributed by atoms with E-state index in [1.165, 1.54) is 5.57 Å². The van der Waals surface area contributed by atoms with Crippen LogP contribution in [-0.4, -0.2) is 22.9 Å². The first-order chi connectivity index (χ1) is 12.3. The molecule has 0 aliphatic heterocycles. The molecule has 4 aliphatic rings. The molecular weight excluding hydrogens is 327 g/mol. The van der Waals surface area contributed by atoms with E-state index >= 15 is 0 Å². The van der Waals surface area contributed by atoms with Crippen LogP contribution in [0.1, 0.15) is 72.1 Å². The Morgan fingerprint density at radius 2 is 1.85 bits per heavy atom. The van der Waals surface area contributed by atoms with Crippen LogP contribution in [0, 0.1) is 34.5 Å². The molecule has 0 heterocycles. The number of hydrogen-bond acceptors (Lipinski definition) is 2. The van der Waals surface area contributed by atoms with Crippen molar-refractivity contribution in [3.63, 3.8) is 0 Å². The van der Waals surface area contributed by atoms with Gasteiger partial charge in [-0.15, -0.1) is 0 Å². The second kappa shape index (κ2) is 6.44. The molecule has 0 aromatic rings. The number of rotatable bonds is 2. The van der Waals surface area contributed by atoms with Gasteiger partial charge in [0.05, 0.1) is 12.7 Å². The van der Waals surface area contributed by atoms with Crippen LogP contribution in [0.4, 0.5) is 4.39 Å². The molecule has 2 N–H and O–H groups in total. The molecule has 0 aromatic carbocycles. The molecule has 0 bridgehead atoms. The Kier molecular flexibility index (Phi) is 4.63. The van der Waals surface area contributed by atoms with Crippen molar-refractivity contribution in [2.24, 2.45) is 34.5 Å². The number of allylic oxidation sites excluding steroid dienone is 2. The number of aliphatic hydroxyl groups is 2. The van der Waals surface area contributed by atoms with Crippen LogP contribution in [0.25, 0.3) is 0 Å². The van der Waals surface area contributed by atoms with E-state index in [1.54, 1.807) is 0 Å². The van der Waals surface area contributed by atoms with Crippen molar-refractivity contribution in [3.05, 3.63) is 23.0 Å². The van der Waals surface area contributed by atoms with E-state index in [9.17, 15) is 14.6 Å². The molecule has 0 aromatic heterocycles. The van der Waals surface area contributed by atoms with Crippen LogP contribution in [0.3, 0.4) is 0 Å². The number of halogens is 1. The zero-order chi connectivity index (χ0) is 18.7. The zero-order valence-electron chi connectivity index (χ0n) is 16.6. The molecule has 4 rings (SSSR count). The fourth-order valence-electron chi connectivity index (χ4n) is 7.55. The molecule has 26 heavy (non-hydrogen) atoms. The standard InChI is InChI=1S/C23H35FO2/c1-4-14-11-15-12-16(26)7-9-22(15,2)19-8-10-23(3)17(20(24)13-25)5-6-18(23)21(14)19/h11,14,16,18-19,21,25-26H,4-10,12-13H2,1-3H3/t14-,16+,18+,19+,21+,22+,23-/m1/s1. The molecule has 0 spiro atoms. The highest BCUT2D eigenvalue weighted by atomic mass is 19.1. The molecule has 3 heteroatoms. The maximum Gasteiger partial charge on any atom is 0.125 e.